The molecular weight excluding hydrogens is 230 g/mol. The molecule has 0 atom stereocenters. The van der Waals surface area contributed by atoms with Crippen molar-refractivity contribution in [1.29, 1.82) is 0 Å². The molecular formula is C12H21N5O. The lowest BCUT2D eigenvalue weighted by atomic mass is 10.0. The van der Waals surface area contributed by atoms with Crippen molar-refractivity contribution < 1.29 is 5.11 Å². The first-order valence-electron chi connectivity index (χ1n) is 6.28. The van der Waals surface area contributed by atoms with Crippen LogP contribution in [0.4, 0.5) is 11.6 Å². The molecule has 0 bridgehead atoms. The van der Waals surface area contributed by atoms with Crippen LogP contribution in [0.15, 0.2) is 6.33 Å². The molecule has 18 heavy (non-hydrogen) atoms. The normalized spacial score (nSPS) is 16.7. The Morgan fingerprint density at radius 1 is 1.39 bits per heavy atom. The summed E-state index contributed by atoms with van der Waals surface area (Å²) in [4.78, 5) is 8.40. The van der Waals surface area contributed by atoms with Crippen LogP contribution in [0.25, 0.3) is 0 Å². The fraction of sp³-hybridized carbons (Fsp3) is 0.667. The van der Waals surface area contributed by atoms with E-state index < -0.39 is 0 Å². The Balaban J connectivity index is 2.16. The van der Waals surface area contributed by atoms with Crippen LogP contribution in [0.5, 0.6) is 0 Å². The van der Waals surface area contributed by atoms with Crippen molar-refractivity contribution in [1.82, 2.24) is 9.97 Å². The first-order chi connectivity index (χ1) is 8.62. The topological polar surface area (TPSA) is 96.1 Å². The maximum atomic E-state index is 9.31. The van der Waals surface area contributed by atoms with Crippen molar-refractivity contribution in [3.8, 4) is 0 Å². The van der Waals surface area contributed by atoms with E-state index in [4.69, 9.17) is 5.84 Å². The Labute approximate surface area is 107 Å². The molecule has 2 rings (SSSR count). The summed E-state index contributed by atoms with van der Waals surface area (Å²) < 4.78 is 0. The molecule has 1 saturated carbocycles. The largest absolute Gasteiger partial charge is 0.396 e. The smallest absolute Gasteiger partial charge is 0.148 e. The van der Waals surface area contributed by atoms with Gasteiger partial charge < -0.3 is 15.8 Å². The number of hydrogen-bond donors (Lipinski definition) is 4. The molecule has 1 aromatic heterocycles. The fourth-order valence-corrected chi connectivity index (χ4v) is 2.04. The average molecular weight is 251 g/mol. The highest BCUT2D eigenvalue weighted by Gasteiger charge is 2.41. The van der Waals surface area contributed by atoms with E-state index >= 15 is 0 Å². The van der Waals surface area contributed by atoms with Gasteiger partial charge in [-0.05, 0) is 18.8 Å². The third-order valence-electron chi connectivity index (χ3n) is 3.52. The molecule has 0 spiro atoms. The van der Waals surface area contributed by atoms with E-state index in [2.05, 4.69) is 34.6 Å². The summed E-state index contributed by atoms with van der Waals surface area (Å²) in [5.74, 6) is 7.19. The number of hydrazine groups is 1. The highest BCUT2D eigenvalue weighted by atomic mass is 16.3. The van der Waals surface area contributed by atoms with Crippen LogP contribution in [0.3, 0.4) is 0 Å². The van der Waals surface area contributed by atoms with E-state index in [0.717, 1.165) is 30.8 Å². The number of nitrogens with two attached hydrogens (primary N) is 1. The second-order valence-corrected chi connectivity index (χ2v) is 5.30. The van der Waals surface area contributed by atoms with Crippen LogP contribution in [0.1, 0.15) is 38.2 Å². The lowest BCUT2D eigenvalue weighted by Crippen LogP contribution is -2.21. The third kappa shape index (κ3) is 2.54. The van der Waals surface area contributed by atoms with Gasteiger partial charge >= 0.3 is 0 Å². The van der Waals surface area contributed by atoms with Crippen molar-refractivity contribution in [3.05, 3.63) is 11.9 Å². The van der Waals surface area contributed by atoms with Gasteiger partial charge in [-0.3, -0.25) is 0 Å². The molecule has 1 aliphatic rings. The Bertz CT molecular complexity index is 417. The number of aliphatic hydroxyl groups excluding tert-OH is 1. The van der Waals surface area contributed by atoms with Crippen LogP contribution in [0.2, 0.25) is 0 Å². The van der Waals surface area contributed by atoms with Crippen molar-refractivity contribution in [3.63, 3.8) is 0 Å². The van der Waals surface area contributed by atoms with Crippen LogP contribution in [-0.2, 0) is 0 Å². The molecule has 0 amide bonds. The summed E-state index contributed by atoms with van der Waals surface area (Å²) >= 11 is 0. The van der Waals surface area contributed by atoms with Gasteiger partial charge in [0, 0.05) is 17.5 Å². The molecule has 0 aromatic carbocycles. The number of nitrogens with one attached hydrogen (secondary N) is 2. The second-order valence-electron chi connectivity index (χ2n) is 5.30. The minimum absolute atomic E-state index is 0.0511. The van der Waals surface area contributed by atoms with Crippen molar-refractivity contribution >= 4 is 11.6 Å². The highest BCUT2D eigenvalue weighted by Crippen LogP contribution is 2.45. The summed E-state index contributed by atoms with van der Waals surface area (Å²) in [6.07, 6.45) is 3.63. The van der Waals surface area contributed by atoms with Gasteiger partial charge in [0.15, 0.2) is 0 Å². The molecule has 6 heteroatoms. The third-order valence-corrected chi connectivity index (χ3v) is 3.52. The first-order valence-corrected chi connectivity index (χ1v) is 6.28. The fourth-order valence-electron chi connectivity index (χ4n) is 2.04. The molecule has 5 N–H and O–H groups in total. The molecule has 1 heterocycles. The summed E-state index contributed by atoms with van der Waals surface area (Å²) in [5, 5.41) is 12.6. The van der Waals surface area contributed by atoms with Gasteiger partial charge in [-0.25, -0.2) is 15.8 Å². The predicted octanol–water partition coefficient (Wildman–Crippen LogP) is 1.07. The van der Waals surface area contributed by atoms with Gasteiger partial charge in [0.1, 0.15) is 18.0 Å². The van der Waals surface area contributed by atoms with E-state index in [1.54, 1.807) is 0 Å². The highest BCUT2D eigenvalue weighted by molar-refractivity contribution is 5.58. The number of anilines is 2. The Morgan fingerprint density at radius 2 is 2.06 bits per heavy atom. The standard InChI is InChI=1S/C12H21N5O/c1-8(2)9-10(15-7-16-11(9)17-13)14-5-12(6-18)3-4-12/h7-8,18H,3-6,13H2,1-2H3,(H2,14,15,16,17). The molecule has 1 fully saturated rings. The average Bonchev–Trinajstić information content (AvgIpc) is 3.16. The molecule has 0 saturated heterocycles. The van der Waals surface area contributed by atoms with Crippen molar-refractivity contribution in [2.24, 2.45) is 11.3 Å². The van der Waals surface area contributed by atoms with Gasteiger partial charge in [0.05, 0.1) is 6.61 Å². The lowest BCUT2D eigenvalue weighted by Gasteiger charge is -2.19. The van der Waals surface area contributed by atoms with Crippen LogP contribution in [-0.4, -0.2) is 28.2 Å². The van der Waals surface area contributed by atoms with Crippen molar-refractivity contribution in [2.45, 2.75) is 32.6 Å². The Morgan fingerprint density at radius 3 is 2.56 bits per heavy atom. The maximum Gasteiger partial charge on any atom is 0.148 e. The summed E-state index contributed by atoms with van der Waals surface area (Å²) in [6.45, 7) is 5.11. The number of nitrogen functional groups attached to an aromatic ring is 1. The van der Waals surface area contributed by atoms with Gasteiger partial charge in [-0.15, -0.1) is 0 Å². The zero-order chi connectivity index (χ0) is 13.2. The van der Waals surface area contributed by atoms with Crippen LogP contribution < -0.4 is 16.6 Å². The summed E-state index contributed by atoms with van der Waals surface area (Å²) in [6, 6.07) is 0. The zero-order valence-electron chi connectivity index (χ0n) is 10.9. The Hall–Kier alpha value is -1.40. The SMILES string of the molecule is CC(C)c1c(NN)ncnc1NCC1(CO)CC1. The monoisotopic (exact) mass is 251 g/mol. The van der Waals surface area contributed by atoms with Gasteiger partial charge in [-0.1, -0.05) is 13.8 Å². The predicted molar refractivity (Wildman–Crippen MR) is 71.2 cm³/mol. The van der Waals surface area contributed by atoms with Crippen molar-refractivity contribution in [2.75, 3.05) is 23.9 Å². The van der Waals surface area contributed by atoms with E-state index in [-0.39, 0.29) is 17.9 Å². The number of rotatable bonds is 6. The van der Waals surface area contributed by atoms with Crippen LogP contribution >= 0.6 is 0 Å². The van der Waals surface area contributed by atoms with Crippen LogP contribution in [0, 0.1) is 5.41 Å². The summed E-state index contributed by atoms with van der Waals surface area (Å²) in [7, 11) is 0. The quantitative estimate of drug-likeness (QED) is 0.446. The number of aliphatic hydroxyl groups is 1. The minimum atomic E-state index is 0.0511. The molecule has 1 aliphatic carbocycles. The van der Waals surface area contributed by atoms with E-state index in [0.29, 0.717) is 5.82 Å². The maximum absolute atomic E-state index is 9.31. The van der Waals surface area contributed by atoms with Gasteiger partial charge in [0.2, 0.25) is 0 Å². The molecule has 1 aromatic rings. The van der Waals surface area contributed by atoms with Gasteiger partial charge in [0.25, 0.3) is 0 Å². The molecule has 0 radical (unpaired) electrons. The number of aromatic nitrogens is 2. The van der Waals surface area contributed by atoms with E-state index in [1.165, 1.54) is 6.33 Å². The second kappa shape index (κ2) is 5.07. The summed E-state index contributed by atoms with van der Waals surface area (Å²) in [5.41, 5.74) is 3.63. The zero-order valence-corrected chi connectivity index (χ0v) is 10.9. The molecule has 0 aliphatic heterocycles. The van der Waals surface area contributed by atoms with E-state index in [1.807, 2.05) is 0 Å². The minimum Gasteiger partial charge on any atom is -0.396 e. The number of hydrogen-bond acceptors (Lipinski definition) is 6. The number of nitrogens with zero attached hydrogens (tertiary/aromatic N) is 2. The van der Waals surface area contributed by atoms with Gasteiger partial charge in [-0.2, -0.15) is 0 Å². The molecule has 6 nitrogen and oxygen atoms in total. The van der Waals surface area contributed by atoms with E-state index in [9.17, 15) is 5.11 Å². The Kier molecular flexibility index (Phi) is 3.68. The molecule has 100 valence electrons. The molecule has 0 unspecified atom stereocenters. The first kappa shape index (κ1) is 13.0. The lowest BCUT2D eigenvalue weighted by molar-refractivity contribution is 0.219.